The van der Waals surface area contributed by atoms with Crippen molar-refractivity contribution in [3.05, 3.63) is 42.2 Å². The molecular formula is C12H16NO2. The van der Waals surface area contributed by atoms with E-state index in [0.717, 1.165) is 19.4 Å². The van der Waals surface area contributed by atoms with Gasteiger partial charge in [0, 0.05) is 0 Å². The van der Waals surface area contributed by atoms with Gasteiger partial charge >= 0.3 is 0 Å². The van der Waals surface area contributed by atoms with Gasteiger partial charge in [-0.25, -0.2) is 0 Å². The van der Waals surface area contributed by atoms with Crippen molar-refractivity contribution in [3.63, 3.8) is 0 Å². The standard InChI is InChI=1S/C12H16NO2/c14-12-11(13-7-4-8-15-12)9-10-5-2-1-3-6-10/h1-3,5-6,11,13-14H,4,7-9H2. The first-order chi connectivity index (χ1) is 7.36. The monoisotopic (exact) mass is 206 g/mol. The molecule has 0 amide bonds. The van der Waals surface area contributed by atoms with Crippen LogP contribution in [0.3, 0.4) is 0 Å². The van der Waals surface area contributed by atoms with Gasteiger partial charge in [-0.15, -0.1) is 0 Å². The molecule has 1 unspecified atom stereocenters. The molecule has 0 saturated carbocycles. The molecule has 1 aromatic carbocycles. The van der Waals surface area contributed by atoms with Crippen LogP contribution < -0.4 is 5.32 Å². The summed E-state index contributed by atoms with van der Waals surface area (Å²) in [5, 5.41) is 12.9. The Hall–Kier alpha value is -0.900. The summed E-state index contributed by atoms with van der Waals surface area (Å²) in [6.45, 7) is 1.49. The van der Waals surface area contributed by atoms with Crippen LogP contribution in [-0.4, -0.2) is 24.3 Å². The minimum absolute atomic E-state index is 0.0742. The minimum atomic E-state index is -0.0742. The van der Waals surface area contributed by atoms with Gasteiger partial charge in [0.25, 0.3) is 0 Å². The molecular weight excluding hydrogens is 190 g/mol. The van der Waals surface area contributed by atoms with Crippen LogP contribution in [0, 0.1) is 6.29 Å². The van der Waals surface area contributed by atoms with Crippen LogP contribution in [0.2, 0.25) is 0 Å². The molecule has 1 aliphatic heterocycles. The summed E-state index contributed by atoms with van der Waals surface area (Å²) in [6.07, 6.45) is 1.83. The molecule has 1 aromatic rings. The lowest BCUT2D eigenvalue weighted by Gasteiger charge is -2.19. The molecule has 81 valence electrons. The Balaban J connectivity index is 1.97. The van der Waals surface area contributed by atoms with Crippen molar-refractivity contribution in [2.45, 2.75) is 18.9 Å². The molecule has 3 heteroatoms. The molecule has 1 saturated heterocycles. The van der Waals surface area contributed by atoms with Gasteiger partial charge in [-0.3, -0.25) is 0 Å². The Morgan fingerprint density at radius 2 is 2.13 bits per heavy atom. The number of ether oxygens (including phenoxy) is 1. The fraction of sp³-hybridized carbons (Fsp3) is 0.417. The number of aliphatic hydroxyl groups excluding tert-OH is 1. The van der Waals surface area contributed by atoms with Gasteiger partial charge in [0.2, 0.25) is 6.29 Å². The number of hydrogen-bond donors (Lipinski definition) is 2. The maximum absolute atomic E-state index is 9.64. The molecule has 1 aliphatic rings. The highest BCUT2D eigenvalue weighted by molar-refractivity contribution is 5.17. The second kappa shape index (κ2) is 5.26. The zero-order valence-electron chi connectivity index (χ0n) is 8.65. The van der Waals surface area contributed by atoms with Gasteiger partial charge < -0.3 is 15.2 Å². The van der Waals surface area contributed by atoms with Crippen molar-refractivity contribution in [1.29, 1.82) is 0 Å². The summed E-state index contributed by atoms with van der Waals surface area (Å²) < 4.78 is 5.20. The van der Waals surface area contributed by atoms with Crippen LogP contribution in [0.5, 0.6) is 0 Å². The average Bonchev–Trinajstić information content (AvgIpc) is 2.46. The van der Waals surface area contributed by atoms with E-state index in [4.69, 9.17) is 4.74 Å². The van der Waals surface area contributed by atoms with Crippen molar-refractivity contribution in [1.82, 2.24) is 5.32 Å². The fourth-order valence-electron chi connectivity index (χ4n) is 1.72. The van der Waals surface area contributed by atoms with E-state index in [1.807, 2.05) is 18.2 Å². The number of benzene rings is 1. The van der Waals surface area contributed by atoms with Gasteiger partial charge in [0.05, 0.1) is 12.6 Å². The van der Waals surface area contributed by atoms with E-state index >= 15 is 0 Å². The lowest BCUT2D eigenvalue weighted by atomic mass is 10.1. The fourth-order valence-corrected chi connectivity index (χ4v) is 1.72. The maximum Gasteiger partial charge on any atom is 0.239 e. The molecule has 1 atom stereocenters. The summed E-state index contributed by atoms with van der Waals surface area (Å²) in [5.74, 6) is 0. The summed E-state index contributed by atoms with van der Waals surface area (Å²) in [7, 11) is 0. The number of rotatable bonds is 2. The third kappa shape index (κ3) is 3.02. The highest BCUT2D eigenvalue weighted by Crippen LogP contribution is 2.14. The minimum Gasteiger partial charge on any atom is -0.360 e. The summed E-state index contributed by atoms with van der Waals surface area (Å²) >= 11 is 0. The molecule has 1 radical (unpaired) electrons. The lowest BCUT2D eigenvalue weighted by molar-refractivity contribution is -0.00584. The van der Waals surface area contributed by atoms with E-state index in [2.05, 4.69) is 17.4 Å². The van der Waals surface area contributed by atoms with Gasteiger partial charge in [-0.05, 0) is 24.9 Å². The van der Waals surface area contributed by atoms with Crippen LogP contribution in [0.25, 0.3) is 0 Å². The first-order valence-corrected chi connectivity index (χ1v) is 5.32. The maximum atomic E-state index is 9.64. The van der Waals surface area contributed by atoms with Crippen LogP contribution in [-0.2, 0) is 11.2 Å². The Labute approximate surface area is 90.1 Å². The van der Waals surface area contributed by atoms with Crippen LogP contribution in [0.4, 0.5) is 0 Å². The molecule has 0 aromatic heterocycles. The zero-order valence-corrected chi connectivity index (χ0v) is 8.65. The van der Waals surface area contributed by atoms with Crippen LogP contribution in [0.1, 0.15) is 12.0 Å². The van der Waals surface area contributed by atoms with Gasteiger partial charge in [-0.1, -0.05) is 30.3 Å². The van der Waals surface area contributed by atoms with Gasteiger partial charge in [-0.2, -0.15) is 0 Å². The molecule has 15 heavy (non-hydrogen) atoms. The SMILES string of the molecule is O[C]1OCCCNC1Cc1ccccc1. The second-order valence-corrected chi connectivity index (χ2v) is 3.74. The van der Waals surface area contributed by atoms with Crippen molar-refractivity contribution in [2.75, 3.05) is 13.2 Å². The van der Waals surface area contributed by atoms with Crippen molar-refractivity contribution in [3.8, 4) is 0 Å². The largest absolute Gasteiger partial charge is 0.360 e. The molecule has 0 aliphatic carbocycles. The molecule has 0 spiro atoms. The van der Waals surface area contributed by atoms with Gasteiger partial charge in [0.15, 0.2) is 0 Å². The highest BCUT2D eigenvalue weighted by atomic mass is 16.6. The molecule has 1 heterocycles. The van der Waals surface area contributed by atoms with Crippen LogP contribution >= 0.6 is 0 Å². The Kier molecular flexibility index (Phi) is 3.72. The number of nitrogens with one attached hydrogen (secondary N) is 1. The van der Waals surface area contributed by atoms with E-state index in [1.165, 1.54) is 5.56 Å². The third-order valence-corrected chi connectivity index (χ3v) is 2.54. The first kappa shape index (κ1) is 10.6. The van der Waals surface area contributed by atoms with Crippen molar-refractivity contribution >= 4 is 0 Å². The van der Waals surface area contributed by atoms with E-state index in [0.29, 0.717) is 6.61 Å². The molecule has 0 bridgehead atoms. The normalized spacial score (nSPS) is 23.7. The first-order valence-electron chi connectivity index (χ1n) is 5.32. The molecule has 2 N–H and O–H groups in total. The highest BCUT2D eigenvalue weighted by Gasteiger charge is 2.23. The predicted molar refractivity (Wildman–Crippen MR) is 57.7 cm³/mol. The summed E-state index contributed by atoms with van der Waals surface area (Å²) in [6, 6.07) is 10.0. The number of aliphatic hydroxyl groups is 1. The molecule has 1 fully saturated rings. The zero-order chi connectivity index (χ0) is 10.5. The topological polar surface area (TPSA) is 41.5 Å². The third-order valence-electron chi connectivity index (χ3n) is 2.54. The summed E-state index contributed by atoms with van der Waals surface area (Å²) in [4.78, 5) is 0. The van der Waals surface area contributed by atoms with E-state index in [-0.39, 0.29) is 12.3 Å². The summed E-state index contributed by atoms with van der Waals surface area (Å²) in [5.41, 5.74) is 1.20. The number of hydrogen-bond acceptors (Lipinski definition) is 3. The van der Waals surface area contributed by atoms with Gasteiger partial charge in [0.1, 0.15) is 0 Å². The van der Waals surface area contributed by atoms with Crippen molar-refractivity contribution < 1.29 is 9.84 Å². The molecule has 3 nitrogen and oxygen atoms in total. The van der Waals surface area contributed by atoms with Crippen LogP contribution in [0.15, 0.2) is 30.3 Å². The second-order valence-electron chi connectivity index (χ2n) is 3.74. The quantitative estimate of drug-likeness (QED) is 0.770. The Morgan fingerprint density at radius 3 is 2.93 bits per heavy atom. The average molecular weight is 206 g/mol. The molecule has 2 rings (SSSR count). The van der Waals surface area contributed by atoms with E-state index in [9.17, 15) is 5.11 Å². The van der Waals surface area contributed by atoms with E-state index in [1.54, 1.807) is 0 Å². The Morgan fingerprint density at radius 1 is 1.33 bits per heavy atom. The van der Waals surface area contributed by atoms with Crippen molar-refractivity contribution in [2.24, 2.45) is 0 Å². The van der Waals surface area contributed by atoms with E-state index < -0.39 is 0 Å². The smallest absolute Gasteiger partial charge is 0.239 e. The lowest BCUT2D eigenvalue weighted by Crippen LogP contribution is -2.36. The predicted octanol–water partition coefficient (Wildman–Crippen LogP) is 1.47. The Bertz CT molecular complexity index is 289.